The largest absolute Gasteiger partial charge is 0.480 e. The molecule has 0 fully saturated rings. The van der Waals surface area contributed by atoms with Crippen LogP contribution in [0.3, 0.4) is 0 Å². The lowest BCUT2D eigenvalue weighted by Gasteiger charge is -2.05. The van der Waals surface area contributed by atoms with Gasteiger partial charge in [-0.2, -0.15) is 5.26 Å². The number of ketones is 1. The van der Waals surface area contributed by atoms with Crippen LogP contribution in [0.1, 0.15) is 17.3 Å². The van der Waals surface area contributed by atoms with Crippen molar-refractivity contribution in [1.82, 2.24) is 5.32 Å². The summed E-state index contributed by atoms with van der Waals surface area (Å²) in [6.07, 6.45) is 1.03. The Kier molecular flexibility index (Phi) is 5.65. The molecule has 1 aromatic carbocycles. The van der Waals surface area contributed by atoms with E-state index in [0.29, 0.717) is 11.3 Å². The maximum Gasteiger partial charge on any atom is 0.322 e. The molecule has 1 amide bonds. The van der Waals surface area contributed by atoms with Crippen molar-refractivity contribution in [1.29, 1.82) is 5.26 Å². The number of amides is 1. The number of rotatable bonds is 6. The summed E-state index contributed by atoms with van der Waals surface area (Å²) >= 11 is 0. The minimum atomic E-state index is -1.11. The molecule has 0 aromatic heterocycles. The smallest absolute Gasteiger partial charge is 0.322 e. The van der Waals surface area contributed by atoms with Gasteiger partial charge in [0.05, 0.1) is 0 Å². The Morgan fingerprint density at radius 1 is 1.38 bits per heavy atom. The third-order valence-electron chi connectivity index (χ3n) is 2.39. The number of carboxylic acid groups (broad SMARTS) is 1. The average molecular weight is 287 g/mol. The SMILES string of the molecule is CC(=O)c1cccc(NC(=O)/C(C#N)=C\NCC(=O)O)c1. The summed E-state index contributed by atoms with van der Waals surface area (Å²) in [6.45, 7) is 0.996. The Balaban J connectivity index is 2.79. The van der Waals surface area contributed by atoms with Crippen molar-refractivity contribution in [2.75, 3.05) is 11.9 Å². The predicted octanol–water partition coefficient (Wildman–Crippen LogP) is 0.909. The number of anilines is 1. The molecule has 0 bridgehead atoms. The van der Waals surface area contributed by atoms with Gasteiger partial charge in [0.15, 0.2) is 5.78 Å². The summed E-state index contributed by atoms with van der Waals surface area (Å²) in [4.78, 5) is 33.4. The highest BCUT2D eigenvalue weighted by Crippen LogP contribution is 2.12. The van der Waals surface area contributed by atoms with E-state index in [-0.39, 0.29) is 11.4 Å². The minimum Gasteiger partial charge on any atom is -0.480 e. The van der Waals surface area contributed by atoms with Gasteiger partial charge in [0.2, 0.25) is 0 Å². The van der Waals surface area contributed by atoms with E-state index in [1.54, 1.807) is 24.3 Å². The third-order valence-corrected chi connectivity index (χ3v) is 2.39. The molecule has 21 heavy (non-hydrogen) atoms. The topological polar surface area (TPSA) is 119 Å². The van der Waals surface area contributed by atoms with Crippen LogP contribution in [-0.4, -0.2) is 29.3 Å². The highest BCUT2D eigenvalue weighted by molar-refractivity contribution is 6.07. The molecule has 0 aliphatic heterocycles. The van der Waals surface area contributed by atoms with Gasteiger partial charge in [-0.1, -0.05) is 12.1 Å². The van der Waals surface area contributed by atoms with E-state index in [1.165, 1.54) is 13.0 Å². The number of hydrogen-bond acceptors (Lipinski definition) is 5. The number of benzene rings is 1. The first-order valence-corrected chi connectivity index (χ1v) is 5.92. The van der Waals surface area contributed by atoms with Crippen LogP contribution in [0.5, 0.6) is 0 Å². The molecule has 1 aromatic rings. The van der Waals surface area contributed by atoms with Gasteiger partial charge in [0.1, 0.15) is 18.2 Å². The Hall–Kier alpha value is -3.14. The van der Waals surface area contributed by atoms with Crippen LogP contribution < -0.4 is 10.6 Å². The number of nitrogens with one attached hydrogen (secondary N) is 2. The quantitative estimate of drug-likeness (QED) is 0.406. The van der Waals surface area contributed by atoms with Crippen LogP contribution in [0, 0.1) is 11.3 Å². The second kappa shape index (κ2) is 7.45. The highest BCUT2D eigenvalue weighted by Gasteiger charge is 2.10. The zero-order valence-electron chi connectivity index (χ0n) is 11.2. The first-order valence-electron chi connectivity index (χ1n) is 5.92. The number of carboxylic acids is 1. The van der Waals surface area contributed by atoms with Gasteiger partial charge < -0.3 is 15.7 Å². The van der Waals surface area contributed by atoms with Gasteiger partial charge in [-0.3, -0.25) is 14.4 Å². The van der Waals surface area contributed by atoms with Crippen molar-refractivity contribution in [2.45, 2.75) is 6.92 Å². The number of nitriles is 1. The number of carbonyl (C=O) groups excluding carboxylic acids is 2. The van der Waals surface area contributed by atoms with Crippen molar-refractivity contribution in [3.63, 3.8) is 0 Å². The van der Waals surface area contributed by atoms with E-state index in [4.69, 9.17) is 10.4 Å². The molecule has 7 nitrogen and oxygen atoms in total. The second-order valence-corrected chi connectivity index (χ2v) is 4.04. The molecule has 0 aliphatic carbocycles. The van der Waals surface area contributed by atoms with Gasteiger partial charge in [0, 0.05) is 17.5 Å². The molecule has 1 rings (SSSR count). The van der Waals surface area contributed by atoms with Gasteiger partial charge in [-0.05, 0) is 19.1 Å². The van der Waals surface area contributed by atoms with Crippen LogP contribution in [0.2, 0.25) is 0 Å². The Labute approximate surface area is 120 Å². The Morgan fingerprint density at radius 3 is 2.67 bits per heavy atom. The molecular weight excluding hydrogens is 274 g/mol. The molecule has 0 unspecified atom stereocenters. The van der Waals surface area contributed by atoms with Crippen LogP contribution in [0.15, 0.2) is 36.0 Å². The minimum absolute atomic E-state index is 0.148. The summed E-state index contributed by atoms with van der Waals surface area (Å²) in [5, 5.41) is 22.1. The number of Topliss-reactive ketones (excluding diaryl/α,β-unsaturated/α-hetero) is 1. The summed E-state index contributed by atoms with van der Waals surface area (Å²) in [5.74, 6) is -1.96. The van der Waals surface area contributed by atoms with Gasteiger partial charge in [0.25, 0.3) is 5.91 Å². The normalized spacial score (nSPS) is 10.4. The van der Waals surface area contributed by atoms with E-state index < -0.39 is 18.4 Å². The highest BCUT2D eigenvalue weighted by atomic mass is 16.4. The summed E-state index contributed by atoms with van der Waals surface area (Å²) in [6, 6.07) is 7.93. The maximum absolute atomic E-state index is 11.8. The van der Waals surface area contributed by atoms with Gasteiger partial charge in [-0.25, -0.2) is 0 Å². The number of hydrogen-bond donors (Lipinski definition) is 3. The van der Waals surface area contributed by atoms with Gasteiger partial charge in [-0.15, -0.1) is 0 Å². The van der Waals surface area contributed by atoms with Crippen LogP contribution >= 0.6 is 0 Å². The fraction of sp³-hybridized carbons (Fsp3) is 0.143. The fourth-order valence-corrected chi connectivity index (χ4v) is 1.40. The van der Waals surface area contributed by atoms with E-state index >= 15 is 0 Å². The zero-order chi connectivity index (χ0) is 15.8. The Bertz CT molecular complexity index is 644. The molecule has 0 saturated carbocycles. The summed E-state index contributed by atoms with van der Waals surface area (Å²) < 4.78 is 0. The van der Waals surface area contributed by atoms with Crippen molar-refractivity contribution in [3.8, 4) is 6.07 Å². The fourth-order valence-electron chi connectivity index (χ4n) is 1.40. The van der Waals surface area contributed by atoms with E-state index in [1.807, 2.05) is 0 Å². The maximum atomic E-state index is 11.8. The first kappa shape index (κ1) is 15.9. The molecule has 0 saturated heterocycles. The number of carbonyl (C=O) groups is 3. The molecule has 0 aliphatic rings. The zero-order valence-corrected chi connectivity index (χ0v) is 11.2. The van der Waals surface area contributed by atoms with E-state index in [9.17, 15) is 14.4 Å². The number of aliphatic carboxylic acids is 1. The van der Waals surface area contributed by atoms with Crippen molar-refractivity contribution in [2.24, 2.45) is 0 Å². The summed E-state index contributed by atoms with van der Waals surface area (Å²) in [5.41, 5.74) is 0.524. The molecule has 0 heterocycles. The van der Waals surface area contributed by atoms with E-state index in [0.717, 1.165) is 6.20 Å². The molecule has 0 spiro atoms. The average Bonchev–Trinajstić information content (AvgIpc) is 2.43. The van der Waals surface area contributed by atoms with Crippen molar-refractivity contribution < 1.29 is 19.5 Å². The van der Waals surface area contributed by atoms with Crippen molar-refractivity contribution in [3.05, 3.63) is 41.6 Å². The predicted molar refractivity (Wildman–Crippen MR) is 74.4 cm³/mol. The van der Waals surface area contributed by atoms with Gasteiger partial charge >= 0.3 is 5.97 Å². The lowest BCUT2D eigenvalue weighted by atomic mass is 10.1. The van der Waals surface area contributed by atoms with Crippen LogP contribution in [-0.2, 0) is 9.59 Å². The monoisotopic (exact) mass is 287 g/mol. The first-order chi connectivity index (χ1) is 9.93. The third kappa shape index (κ3) is 5.16. The molecule has 7 heteroatoms. The van der Waals surface area contributed by atoms with Crippen LogP contribution in [0.4, 0.5) is 5.69 Å². The lowest BCUT2D eigenvalue weighted by Crippen LogP contribution is -2.20. The molecule has 108 valence electrons. The van der Waals surface area contributed by atoms with Crippen molar-refractivity contribution >= 4 is 23.3 Å². The Morgan fingerprint density at radius 2 is 2.10 bits per heavy atom. The second-order valence-electron chi connectivity index (χ2n) is 4.04. The van der Waals surface area contributed by atoms with E-state index in [2.05, 4.69) is 10.6 Å². The molecule has 0 atom stereocenters. The molecule has 0 radical (unpaired) electrons. The number of nitrogens with zero attached hydrogens (tertiary/aromatic N) is 1. The molecular formula is C14H13N3O4. The van der Waals surface area contributed by atoms with Crippen LogP contribution in [0.25, 0.3) is 0 Å². The summed E-state index contributed by atoms with van der Waals surface area (Å²) in [7, 11) is 0. The standard InChI is InChI=1S/C14H13N3O4/c1-9(18)10-3-2-4-12(5-10)17-14(21)11(6-15)7-16-8-13(19)20/h2-5,7,16H,8H2,1H3,(H,17,21)(H,19,20)/b11-7-. The molecule has 3 N–H and O–H groups in total. The lowest BCUT2D eigenvalue weighted by molar-refractivity contribution is -0.135.